The van der Waals surface area contributed by atoms with E-state index in [1.807, 2.05) is 24.3 Å². The van der Waals surface area contributed by atoms with Crippen LogP contribution in [0.25, 0.3) is 0 Å². The van der Waals surface area contributed by atoms with Crippen LogP contribution in [0.2, 0.25) is 5.02 Å². The summed E-state index contributed by atoms with van der Waals surface area (Å²) in [5.41, 5.74) is 8.76. The Kier molecular flexibility index (Phi) is 4.69. The molecule has 118 valence electrons. The van der Waals surface area contributed by atoms with Crippen molar-refractivity contribution in [3.63, 3.8) is 0 Å². The van der Waals surface area contributed by atoms with Crippen molar-refractivity contribution in [2.45, 2.75) is 6.42 Å². The van der Waals surface area contributed by atoms with Crippen LogP contribution in [0.4, 0.5) is 5.69 Å². The number of nitrogens with zero attached hydrogens (tertiary/aromatic N) is 1. The third-order valence-corrected chi connectivity index (χ3v) is 3.98. The molecule has 0 unspecified atom stereocenters. The van der Waals surface area contributed by atoms with E-state index in [0.717, 1.165) is 5.56 Å². The fourth-order valence-corrected chi connectivity index (χ4v) is 2.60. The molecule has 0 fully saturated rings. The molecule has 3 aromatic rings. The SMILES string of the molecule is N#Cc1cc(N)ccc1Oc1ccc(Cl)c(Cc2ccccc2)c1. The minimum absolute atomic E-state index is 0.398. The van der Waals surface area contributed by atoms with Gasteiger partial charge < -0.3 is 10.5 Å². The van der Waals surface area contributed by atoms with Gasteiger partial charge in [-0.3, -0.25) is 0 Å². The topological polar surface area (TPSA) is 59.0 Å². The Balaban J connectivity index is 1.88. The molecule has 0 heterocycles. The molecular formula is C20H15ClN2O. The molecule has 0 aliphatic carbocycles. The summed E-state index contributed by atoms with van der Waals surface area (Å²) < 4.78 is 5.85. The highest BCUT2D eigenvalue weighted by atomic mass is 35.5. The average Bonchev–Trinajstić information content (AvgIpc) is 2.60. The Morgan fingerprint density at radius 1 is 1.00 bits per heavy atom. The second-order valence-corrected chi connectivity index (χ2v) is 5.79. The van der Waals surface area contributed by atoms with Crippen LogP contribution < -0.4 is 10.5 Å². The number of rotatable bonds is 4. The lowest BCUT2D eigenvalue weighted by Crippen LogP contribution is -1.94. The van der Waals surface area contributed by atoms with Crippen molar-refractivity contribution < 1.29 is 4.74 Å². The number of nitrogen functional groups attached to an aromatic ring is 1. The van der Waals surface area contributed by atoms with E-state index < -0.39 is 0 Å². The Labute approximate surface area is 145 Å². The van der Waals surface area contributed by atoms with Crippen LogP contribution >= 0.6 is 11.6 Å². The number of hydrogen-bond acceptors (Lipinski definition) is 3. The van der Waals surface area contributed by atoms with Crippen molar-refractivity contribution >= 4 is 17.3 Å². The van der Waals surface area contributed by atoms with Gasteiger partial charge in [-0.05, 0) is 53.9 Å². The molecule has 4 heteroatoms. The lowest BCUT2D eigenvalue weighted by molar-refractivity contribution is 0.480. The van der Waals surface area contributed by atoms with Gasteiger partial charge in [0.05, 0.1) is 5.56 Å². The zero-order chi connectivity index (χ0) is 16.9. The molecule has 0 radical (unpaired) electrons. The van der Waals surface area contributed by atoms with E-state index in [1.54, 1.807) is 30.3 Å². The Morgan fingerprint density at radius 2 is 1.79 bits per heavy atom. The first-order chi connectivity index (χ1) is 11.7. The predicted molar refractivity (Wildman–Crippen MR) is 96.3 cm³/mol. The van der Waals surface area contributed by atoms with Crippen LogP contribution in [0.15, 0.2) is 66.7 Å². The average molecular weight is 335 g/mol. The van der Waals surface area contributed by atoms with Crippen molar-refractivity contribution in [1.82, 2.24) is 0 Å². The van der Waals surface area contributed by atoms with E-state index in [4.69, 9.17) is 22.1 Å². The van der Waals surface area contributed by atoms with Gasteiger partial charge in [0.15, 0.2) is 0 Å². The highest BCUT2D eigenvalue weighted by molar-refractivity contribution is 6.31. The van der Waals surface area contributed by atoms with E-state index >= 15 is 0 Å². The monoisotopic (exact) mass is 334 g/mol. The predicted octanol–water partition coefficient (Wildman–Crippen LogP) is 5.18. The maximum Gasteiger partial charge on any atom is 0.145 e. The van der Waals surface area contributed by atoms with Crippen molar-refractivity contribution in [3.05, 3.63) is 88.4 Å². The molecule has 0 saturated heterocycles. The number of nitrogens with two attached hydrogens (primary N) is 1. The number of nitriles is 1. The third kappa shape index (κ3) is 3.68. The summed E-state index contributed by atoms with van der Waals surface area (Å²) >= 11 is 6.30. The summed E-state index contributed by atoms with van der Waals surface area (Å²) in [5, 5.41) is 9.89. The molecule has 0 aliphatic rings. The number of hydrogen-bond donors (Lipinski definition) is 1. The second kappa shape index (κ2) is 7.08. The summed E-state index contributed by atoms with van der Waals surface area (Å²) in [7, 11) is 0. The van der Waals surface area contributed by atoms with Gasteiger partial charge in [-0.15, -0.1) is 0 Å². The Morgan fingerprint density at radius 3 is 2.54 bits per heavy atom. The molecule has 24 heavy (non-hydrogen) atoms. The van der Waals surface area contributed by atoms with Crippen LogP contribution in [0.1, 0.15) is 16.7 Å². The molecule has 0 aliphatic heterocycles. The van der Waals surface area contributed by atoms with Crippen molar-refractivity contribution in [1.29, 1.82) is 5.26 Å². The van der Waals surface area contributed by atoms with E-state index in [1.165, 1.54) is 5.56 Å². The number of ether oxygens (including phenoxy) is 1. The normalized spacial score (nSPS) is 10.2. The molecule has 0 aromatic heterocycles. The molecule has 0 saturated carbocycles. The van der Waals surface area contributed by atoms with Crippen molar-refractivity contribution in [3.8, 4) is 17.6 Å². The van der Waals surface area contributed by atoms with Crippen LogP contribution in [0, 0.1) is 11.3 Å². The first-order valence-electron chi connectivity index (χ1n) is 7.45. The van der Waals surface area contributed by atoms with E-state index in [2.05, 4.69) is 18.2 Å². The molecule has 0 spiro atoms. The third-order valence-electron chi connectivity index (χ3n) is 3.61. The highest BCUT2D eigenvalue weighted by Crippen LogP contribution is 2.30. The van der Waals surface area contributed by atoms with E-state index in [-0.39, 0.29) is 0 Å². The summed E-state index contributed by atoms with van der Waals surface area (Å²) in [6, 6.07) is 22.7. The first-order valence-corrected chi connectivity index (χ1v) is 7.83. The first kappa shape index (κ1) is 15.9. The molecule has 2 N–H and O–H groups in total. The van der Waals surface area contributed by atoms with Crippen LogP contribution in [-0.2, 0) is 6.42 Å². The summed E-state index contributed by atoms with van der Waals surface area (Å²) in [6.07, 6.45) is 0.712. The Hall–Kier alpha value is -2.96. The molecule has 0 bridgehead atoms. The molecule has 3 rings (SSSR count). The lowest BCUT2D eigenvalue weighted by Gasteiger charge is -2.11. The van der Waals surface area contributed by atoms with Crippen LogP contribution in [0.3, 0.4) is 0 Å². The van der Waals surface area contributed by atoms with Gasteiger partial charge in [0, 0.05) is 10.7 Å². The maximum atomic E-state index is 9.21. The second-order valence-electron chi connectivity index (χ2n) is 5.39. The summed E-state index contributed by atoms with van der Waals surface area (Å²) in [5.74, 6) is 1.10. The maximum absolute atomic E-state index is 9.21. The fraction of sp³-hybridized carbons (Fsp3) is 0.0500. The Bertz CT molecular complexity index is 901. The van der Waals surface area contributed by atoms with Gasteiger partial charge >= 0.3 is 0 Å². The van der Waals surface area contributed by atoms with E-state index in [9.17, 15) is 5.26 Å². The summed E-state index contributed by atoms with van der Waals surface area (Å²) in [4.78, 5) is 0. The smallest absolute Gasteiger partial charge is 0.145 e. The number of benzene rings is 3. The quantitative estimate of drug-likeness (QED) is 0.669. The minimum Gasteiger partial charge on any atom is -0.456 e. The lowest BCUT2D eigenvalue weighted by atomic mass is 10.0. The van der Waals surface area contributed by atoms with Gasteiger partial charge in [-0.2, -0.15) is 5.26 Å². The van der Waals surface area contributed by atoms with Gasteiger partial charge in [-0.25, -0.2) is 0 Å². The standard InChI is InChI=1S/C20H15ClN2O/c21-19-8-7-18(12-15(19)10-14-4-2-1-3-5-14)24-20-9-6-17(23)11-16(20)13-22/h1-9,11-12H,10,23H2. The molecule has 0 amide bonds. The van der Waals surface area contributed by atoms with Crippen molar-refractivity contribution in [2.24, 2.45) is 0 Å². The van der Waals surface area contributed by atoms with Crippen molar-refractivity contribution in [2.75, 3.05) is 5.73 Å². The van der Waals surface area contributed by atoms with E-state index in [0.29, 0.717) is 34.2 Å². The van der Waals surface area contributed by atoms with Crippen LogP contribution in [-0.4, -0.2) is 0 Å². The van der Waals surface area contributed by atoms with Gasteiger partial charge in [0.25, 0.3) is 0 Å². The molecular weight excluding hydrogens is 320 g/mol. The molecule has 0 atom stereocenters. The molecule has 3 aromatic carbocycles. The summed E-state index contributed by atoms with van der Waals surface area (Å²) in [6.45, 7) is 0. The van der Waals surface area contributed by atoms with Crippen LogP contribution in [0.5, 0.6) is 11.5 Å². The number of anilines is 1. The largest absolute Gasteiger partial charge is 0.456 e. The van der Waals surface area contributed by atoms with Gasteiger partial charge in [0.1, 0.15) is 17.6 Å². The zero-order valence-electron chi connectivity index (χ0n) is 12.9. The highest BCUT2D eigenvalue weighted by Gasteiger charge is 2.08. The number of halogens is 1. The van der Waals surface area contributed by atoms with Gasteiger partial charge in [0.2, 0.25) is 0 Å². The minimum atomic E-state index is 0.398. The molecule has 3 nitrogen and oxygen atoms in total. The zero-order valence-corrected chi connectivity index (χ0v) is 13.6. The fourth-order valence-electron chi connectivity index (χ4n) is 2.42. The van der Waals surface area contributed by atoms with Gasteiger partial charge in [-0.1, -0.05) is 41.9 Å².